The lowest BCUT2D eigenvalue weighted by atomic mass is 9.83. The van der Waals surface area contributed by atoms with Gasteiger partial charge in [0.2, 0.25) is 0 Å². The second kappa shape index (κ2) is 9.56. The van der Waals surface area contributed by atoms with Crippen LogP contribution in [0, 0.1) is 17.6 Å². The number of hydrogen-bond donors (Lipinski definition) is 2. The molecule has 4 rings (SSSR count). The molecular weight excluding hydrogens is 400 g/mol. The number of piperidine rings is 2. The molecule has 0 spiro atoms. The SMILES string of the molecule is O=C(NC[C@H]1CCCN2CCCC[C@H]12)c1ccc(NC(=O)c2c(F)cccc2F)cc1. The van der Waals surface area contributed by atoms with Gasteiger partial charge in [0.1, 0.15) is 17.2 Å². The topological polar surface area (TPSA) is 61.4 Å². The van der Waals surface area contributed by atoms with Crippen LogP contribution in [0.1, 0.15) is 52.8 Å². The zero-order chi connectivity index (χ0) is 21.8. The minimum atomic E-state index is -0.923. The van der Waals surface area contributed by atoms with Gasteiger partial charge in [-0.05, 0) is 81.1 Å². The molecule has 2 atom stereocenters. The fraction of sp³-hybridized carbons (Fsp3) is 0.417. The first-order valence-corrected chi connectivity index (χ1v) is 10.9. The van der Waals surface area contributed by atoms with Crippen LogP contribution in [-0.2, 0) is 0 Å². The molecule has 0 aliphatic carbocycles. The molecule has 0 bridgehead atoms. The molecule has 7 heteroatoms. The van der Waals surface area contributed by atoms with Crippen LogP contribution in [0.5, 0.6) is 0 Å². The Morgan fingerprint density at radius 3 is 2.35 bits per heavy atom. The third-order valence-corrected chi connectivity index (χ3v) is 6.35. The first-order valence-electron chi connectivity index (χ1n) is 10.9. The average molecular weight is 427 g/mol. The summed E-state index contributed by atoms with van der Waals surface area (Å²) < 4.78 is 27.5. The summed E-state index contributed by atoms with van der Waals surface area (Å²) in [5.74, 6) is -2.40. The van der Waals surface area contributed by atoms with Crippen LogP contribution in [0.25, 0.3) is 0 Å². The summed E-state index contributed by atoms with van der Waals surface area (Å²) in [5, 5.41) is 5.52. The van der Waals surface area contributed by atoms with Crippen LogP contribution < -0.4 is 10.6 Å². The van der Waals surface area contributed by atoms with Gasteiger partial charge in [0.05, 0.1) is 0 Å². The van der Waals surface area contributed by atoms with Crippen molar-refractivity contribution >= 4 is 17.5 Å². The monoisotopic (exact) mass is 427 g/mol. The van der Waals surface area contributed by atoms with Gasteiger partial charge in [-0.25, -0.2) is 8.78 Å². The van der Waals surface area contributed by atoms with Gasteiger partial charge < -0.3 is 15.5 Å². The van der Waals surface area contributed by atoms with E-state index in [1.54, 1.807) is 24.3 Å². The summed E-state index contributed by atoms with van der Waals surface area (Å²) in [6, 6.07) is 10.1. The summed E-state index contributed by atoms with van der Waals surface area (Å²) in [7, 11) is 0. The second-order valence-corrected chi connectivity index (χ2v) is 8.34. The average Bonchev–Trinajstić information content (AvgIpc) is 2.78. The van der Waals surface area contributed by atoms with Gasteiger partial charge in [-0.3, -0.25) is 9.59 Å². The number of carbonyl (C=O) groups is 2. The van der Waals surface area contributed by atoms with E-state index in [1.807, 2.05) is 0 Å². The number of anilines is 1. The number of benzene rings is 2. The molecule has 2 aliphatic heterocycles. The normalized spacial score (nSPS) is 21.2. The highest BCUT2D eigenvalue weighted by atomic mass is 19.1. The van der Waals surface area contributed by atoms with Crippen molar-refractivity contribution in [1.29, 1.82) is 0 Å². The third kappa shape index (κ3) is 4.93. The molecule has 2 aliphatic rings. The molecule has 2 aromatic rings. The van der Waals surface area contributed by atoms with Gasteiger partial charge in [0.15, 0.2) is 0 Å². The highest BCUT2D eigenvalue weighted by Gasteiger charge is 2.32. The van der Waals surface area contributed by atoms with Crippen LogP contribution in [0.2, 0.25) is 0 Å². The molecule has 0 unspecified atom stereocenters. The predicted molar refractivity (Wildman–Crippen MR) is 115 cm³/mol. The number of nitrogens with zero attached hydrogens (tertiary/aromatic N) is 1. The summed E-state index contributed by atoms with van der Waals surface area (Å²) in [6.07, 6.45) is 6.04. The molecule has 2 saturated heterocycles. The van der Waals surface area contributed by atoms with Crippen molar-refractivity contribution in [2.75, 3.05) is 25.0 Å². The number of hydrogen-bond acceptors (Lipinski definition) is 3. The highest BCUT2D eigenvalue weighted by Crippen LogP contribution is 2.30. The number of nitrogens with one attached hydrogen (secondary N) is 2. The summed E-state index contributed by atoms with van der Waals surface area (Å²) in [5.41, 5.74) is 0.203. The number of halogens is 2. The van der Waals surface area contributed by atoms with E-state index in [1.165, 1.54) is 44.8 Å². The summed E-state index contributed by atoms with van der Waals surface area (Å²) in [6.45, 7) is 2.99. The van der Waals surface area contributed by atoms with Crippen LogP contribution >= 0.6 is 0 Å². The lowest BCUT2D eigenvalue weighted by molar-refractivity contribution is 0.0575. The molecule has 164 valence electrons. The van der Waals surface area contributed by atoms with Gasteiger partial charge in [-0.1, -0.05) is 12.5 Å². The van der Waals surface area contributed by atoms with E-state index in [2.05, 4.69) is 15.5 Å². The summed E-state index contributed by atoms with van der Waals surface area (Å²) in [4.78, 5) is 27.3. The lowest BCUT2D eigenvalue weighted by Crippen LogP contribution is -2.51. The number of rotatable bonds is 5. The van der Waals surface area contributed by atoms with Gasteiger partial charge in [-0.2, -0.15) is 0 Å². The molecule has 2 fully saturated rings. The van der Waals surface area contributed by atoms with Crippen molar-refractivity contribution in [3.63, 3.8) is 0 Å². The maximum Gasteiger partial charge on any atom is 0.261 e. The Kier molecular flexibility index (Phi) is 6.61. The lowest BCUT2D eigenvalue weighted by Gasteiger charge is -2.44. The molecule has 0 radical (unpaired) electrons. The Morgan fingerprint density at radius 1 is 0.903 bits per heavy atom. The van der Waals surface area contributed by atoms with Crippen molar-refractivity contribution in [3.05, 3.63) is 65.2 Å². The Balaban J connectivity index is 1.33. The van der Waals surface area contributed by atoms with E-state index in [0.29, 0.717) is 29.8 Å². The predicted octanol–water partition coefficient (Wildman–Crippen LogP) is 4.21. The second-order valence-electron chi connectivity index (χ2n) is 8.34. The Bertz CT molecular complexity index is 926. The molecule has 2 heterocycles. The molecule has 0 aromatic heterocycles. The van der Waals surface area contributed by atoms with Gasteiger partial charge in [0, 0.05) is 23.8 Å². The first-order chi connectivity index (χ1) is 15.0. The van der Waals surface area contributed by atoms with Crippen LogP contribution in [0.3, 0.4) is 0 Å². The van der Waals surface area contributed by atoms with E-state index < -0.39 is 23.1 Å². The van der Waals surface area contributed by atoms with Gasteiger partial charge >= 0.3 is 0 Å². The third-order valence-electron chi connectivity index (χ3n) is 6.35. The minimum absolute atomic E-state index is 0.161. The molecule has 31 heavy (non-hydrogen) atoms. The van der Waals surface area contributed by atoms with Crippen molar-refractivity contribution in [2.45, 2.75) is 38.1 Å². The molecule has 2 N–H and O–H groups in total. The van der Waals surface area contributed by atoms with Crippen LogP contribution in [0.15, 0.2) is 42.5 Å². The van der Waals surface area contributed by atoms with E-state index >= 15 is 0 Å². The molecular formula is C24H27F2N3O2. The molecule has 2 amide bonds. The zero-order valence-corrected chi connectivity index (χ0v) is 17.4. The van der Waals surface area contributed by atoms with Crippen molar-refractivity contribution in [3.8, 4) is 0 Å². The van der Waals surface area contributed by atoms with Crippen molar-refractivity contribution in [2.24, 2.45) is 5.92 Å². The van der Waals surface area contributed by atoms with E-state index in [-0.39, 0.29) is 5.91 Å². The molecule has 0 saturated carbocycles. The highest BCUT2D eigenvalue weighted by molar-refractivity contribution is 6.05. The smallest absolute Gasteiger partial charge is 0.261 e. The Morgan fingerprint density at radius 2 is 1.61 bits per heavy atom. The van der Waals surface area contributed by atoms with Crippen LogP contribution in [-0.4, -0.2) is 42.4 Å². The fourth-order valence-electron chi connectivity index (χ4n) is 4.75. The largest absolute Gasteiger partial charge is 0.352 e. The van der Waals surface area contributed by atoms with E-state index in [4.69, 9.17) is 0 Å². The Hall–Kier alpha value is -2.80. The minimum Gasteiger partial charge on any atom is -0.352 e. The molecule has 2 aromatic carbocycles. The number of fused-ring (bicyclic) bond motifs is 1. The van der Waals surface area contributed by atoms with Crippen molar-refractivity contribution in [1.82, 2.24) is 10.2 Å². The first kappa shape index (κ1) is 21.4. The maximum atomic E-state index is 13.8. The van der Waals surface area contributed by atoms with Crippen molar-refractivity contribution < 1.29 is 18.4 Å². The quantitative estimate of drug-likeness (QED) is 0.752. The maximum absolute atomic E-state index is 13.8. The fourth-order valence-corrected chi connectivity index (χ4v) is 4.75. The van der Waals surface area contributed by atoms with Crippen LogP contribution in [0.4, 0.5) is 14.5 Å². The number of amides is 2. The van der Waals surface area contributed by atoms with Gasteiger partial charge in [0.25, 0.3) is 11.8 Å². The number of carbonyl (C=O) groups excluding carboxylic acids is 2. The van der Waals surface area contributed by atoms with E-state index in [0.717, 1.165) is 18.6 Å². The van der Waals surface area contributed by atoms with Gasteiger partial charge in [-0.15, -0.1) is 0 Å². The van der Waals surface area contributed by atoms with E-state index in [9.17, 15) is 18.4 Å². The standard InChI is InChI=1S/C24H27F2N3O2/c25-19-6-3-7-20(26)22(19)24(31)28-18-11-9-16(10-12-18)23(30)27-15-17-5-4-14-29-13-2-1-8-21(17)29/h3,6-7,9-12,17,21H,1-2,4-5,8,13-15H2,(H,27,30)(H,28,31)/t17-,21-/m1/s1. The summed E-state index contributed by atoms with van der Waals surface area (Å²) >= 11 is 0. The zero-order valence-electron chi connectivity index (χ0n) is 17.4. The molecule has 5 nitrogen and oxygen atoms in total. The Labute approximate surface area is 180 Å².